The van der Waals surface area contributed by atoms with Gasteiger partial charge in [0.1, 0.15) is 6.54 Å². The van der Waals surface area contributed by atoms with E-state index in [0.717, 1.165) is 39.9 Å². The number of thiophene rings is 1. The lowest BCUT2D eigenvalue weighted by atomic mass is 10.1. The van der Waals surface area contributed by atoms with Crippen molar-refractivity contribution in [2.75, 3.05) is 13.2 Å². The third-order valence-corrected chi connectivity index (χ3v) is 6.64. The minimum absolute atomic E-state index is 0.0248. The summed E-state index contributed by atoms with van der Waals surface area (Å²) >= 11 is 1.42. The molecule has 0 aliphatic carbocycles. The summed E-state index contributed by atoms with van der Waals surface area (Å²) in [6.45, 7) is 3.78. The van der Waals surface area contributed by atoms with E-state index in [9.17, 15) is 9.59 Å². The zero-order valence-electron chi connectivity index (χ0n) is 18.3. The summed E-state index contributed by atoms with van der Waals surface area (Å²) in [5.74, 6) is 1.32. The summed E-state index contributed by atoms with van der Waals surface area (Å²) in [4.78, 5) is 26.5. The smallest absolute Gasteiger partial charge is 0.240 e. The summed E-state index contributed by atoms with van der Waals surface area (Å²) in [5, 5.41) is 5.74. The van der Waals surface area contributed by atoms with Crippen LogP contribution in [-0.2, 0) is 17.9 Å². The monoisotopic (exact) mass is 460 g/mol. The molecule has 0 fully saturated rings. The third kappa shape index (κ3) is 4.36. The summed E-state index contributed by atoms with van der Waals surface area (Å²) < 4.78 is 13.4. The summed E-state index contributed by atoms with van der Waals surface area (Å²) in [7, 11) is 0. The van der Waals surface area contributed by atoms with Crippen molar-refractivity contribution in [2.45, 2.75) is 26.4 Å². The fourth-order valence-corrected chi connectivity index (χ4v) is 4.72. The minimum Gasteiger partial charge on any atom is -0.490 e. The molecule has 3 heterocycles. The Morgan fingerprint density at radius 3 is 2.64 bits per heavy atom. The Hall–Kier alpha value is -3.58. The number of ketones is 1. The molecule has 0 spiro atoms. The first-order valence-corrected chi connectivity index (χ1v) is 11.8. The molecule has 0 bridgehead atoms. The Balaban J connectivity index is 1.33. The van der Waals surface area contributed by atoms with Gasteiger partial charge in [-0.25, -0.2) is 0 Å². The maximum Gasteiger partial charge on any atom is 0.240 e. The number of carbonyl (C=O) groups excluding carboxylic acids is 2. The van der Waals surface area contributed by atoms with Crippen LogP contribution in [0, 0.1) is 6.92 Å². The van der Waals surface area contributed by atoms with Gasteiger partial charge in [-0.15, -0.1) is 11.3 Å². The van der Waals surface area contributed by atoms with E-state index in [0.29, 0.717) is 30.2 Å². The molecule has 1 N–H and O–H groups in total. The average molecular weight is 461 g/mol. The van der Waals surface area contributed by atoms with Crippen LogP contribution in [0.15, 0.2) is 60.1 Å². The Morgan fingerprint density at radius 2 is 1.85 bits per heavy atom. The molecule has 4 aromatic rings. The largest absolute Gasteiger partial charge is 0.490 e. The SMILES string of the molecule is Cc1cc2c(cc1CNC(=O)Cn1cc(C(=O)c3cccs3)c3ccccc31)OCCCO2. The lowest BCUT2D eigenvalue weighted by Gasteiger charge is -2.13. The highest BCUT2D eigenvalue weighted by Crippen LogP contribution is 2.32. The zero-order chi connectivity index (χ0) is 22.8. The fourth-order valence-electron chi connectivity index (χ4n) is 4.05. The first kappa shape index (κ1) is 21.3. The van der Waals surface area contributed by atoms with E-state index in [1.807, 2.05) is 65.4 Å². The van der Waals surface area contributed by atoms with Crippen LogP contribution >= 0.6 is 11.3 Å². The molecule has 1 aliphatic rings. The van der Waals surface area contributed by atoms with Crippen molar-refractivity contribution < 1.29 is 19.1 Å². The van der Waals surface area contributed by atoms with Gasteiger partial charge in [0.2, 0.25) is 11.7 Å². The third-order valence-electron chi connectivity index (χ3n) is 5.77. The van der Waals surface area contributed by atoms with Crippen LogP contribution in [-0.4, -0.2) is 29.5 Å². The Bertz CT molecular complexity index is 1320. The van der Waals surface area contributed by atoms with Gasteiger partial charge in [-0.05, 0) is 47.7 Å². The molecule has 0 atom stereocenters. The number of fused-ring (bicyclic) bond motifs is 2. The number of ether oxygens (including phenoxy) is 2. The Kier molecular flexibility index (Phi) is 5.88. The van der Waals surface area contributed by atoms with Crippen molar-refractivity contribution >= 4 is 33.9 Å². The van der Waals surface area contributed by atoms with E-state index in [1.54, 1.807) is 6.20 Å². The van der Waals surface area contributed by atoms with Crippen molar-refractivity contribution in [3.05, 3.63) is 81.7 Å². The first-order valence-electron chi connectivity index (χ1n) is 10.9. The average Bonchev–Trinajstić information content (AvgIpc) is 3.42. The maximum absolute atomic E-state index is 13.0. The van der Waals surface area contributed by atoms with Crippen molar-refractivity contribution in [1.82, 2.24) is 9.88 Å². The first-order chi connectivity index (χ1) is 16.1. The van der Waals surface area contributed by atoms with Gasteiger partial charge in [-0.2, -0.15) is 0 Å². The van der Waals surface area contributed by atoms with Crippen LogP contribution in [0.3, 0.4) is 0 Å². The quantitative estimate of drug-likeness (QED) is 0.423. The predicted molar refractivity (Wildman–Crippen MR) is 128 cm³/mol. The van der Waals surface area contributed by atoms with E-state index >= 15 is 0 Å². The number of amides is 1. The second kappa shape index (κ2) is 9.11. The molecule has 6 nitrogen and oxygen atoms in total. The van der Waals surface area contributed by atoms with E-state index < -0.39 is 0 Å². The molecule has 0 saturated carbocycles. The molecule has 5 rings (SSSR count). The van der Waals surface area contributed by atoms with E-state index in [1.165, 1.54) is 11.3 Å². The lowest BCUT2D eigenvalue weighted by molar-refractivity contribution is -0.121. The van der Waals surface area contributed by atoms with E-state index in [-0.39, 0.29) is 18.2 Å². The minimum atomic E-state index is -0.127. The highest BCUT2D eigenvalue weighted by Gasteiger charge is 2.19. The number of aromatic nitrogens is 1. The number of carbonyl (C=O) groups is 2. The lowest BCUT2D eigenvalue weighted by Crippen LogP contribution is -2.27. The summed E-state index contributed by atoms with van der Waals surface area (Å²) in [6, 6.07) is 15.3. The van der Waals surface area contributed by atoms with Crippen molar-refractivity contribution in [2.24, 2.45) is 0 Å². The normalized spacial score (nSPS) is 13.0. The molecule has 7 heteroatoms. The molecule has 2 aromatic carbocycles. The van der Waals surface area contributed by atoms with Crippen molar-refractivity contribution in [1.29, 1.82) is 0 Å². The molecule has 0 saturated heterocycles. The predicted octanol–water partition coefficient (Wildman–Crippen LogP) is 4.72. The standard InChI is InChI=1S/C26H24N2O4S/c1-17-12-22-23(32-10-5-9-31-22)13-18(17)14-27-25(29)16-28-15-20(19-6-2-3-7-21(19)28)26(30)24-8-4-11-33-24/h2-4,6-8,11-13,15H,5,9-10,14,16H2,1H3,(H,27,29). The van der Waals surface area contributed by atoms with Crippen LogP contribution < -0.4 is 14.8 Å². The molecular formula is C26H24N2O4S. The second-order valence-corrected chi connectivity index (χ2v) is 8.99. The van der Waals surface area contributed by atoms with Crippen LogP contribution in [0.4, 0.5) is 0 Å². The number of hydrogen-bond donors (Lipinski definition) is 1. The number of benzene rings is 2. The topological polar surface area (TPSA) is 69.6 Å². The summed E-state index contributed by atoms with van der Waals surface area (Å²) in [6.07, 6.45) is 2.63. The molecule has 0 radical (unpaired) electrons. The van der Waals surface area contributed by atoms with Gasteiger partial charge >= 0.3 is 0 Å². The van der Waals surface area contributed by atoms with E-state index in [4.69, 9.17) is 9.47 Å². The molecular weight excluding hydrogens is 436 g/mol. The number of nitrogens with zero attached hydrogens (tertiary/aromatic N) is 1. The molecule has 1 amide bonds. The fraction of sp³-hybridized carbons (Fsp3) is 0.231. The summed E-state index contributed by atoms with van der Waals surface area (Å²) in [5.41, 5.74) is 3.49. The molecule has 168 valence electrons. The van der Waals surface area contributed by atoms with Crippen LogP contribution in [0.1, 0.15) is 32.8 Å². The highest BCUT2D eigenvalue weighted by atomic mass is 32.1. The molecule has 1 aliphatic heterocycles. The number of hydrogen-bond acceptors (Lipinski definition) is 5. The number of para-hydroxylation sites is 1. The van der Waals surface area contributed by atoms with E-state index in [2.05, 4.69) is 5.32 Å². The number of aryl methyl sites for hydroxylation is 1. The second-order valence-electron chi connectivity index (χ2n) is 8.05. The van der Waals surface area contributed by atoms with Gasteiger partial charge < -0.3 is 19.4 Å². The van der Waals surface area contributed by atoms with Gasteiger partial charge in [-0.3, -0.25) is 9.59 Å². The van der Waals surface area contributed by atoms with Crippen molar-refractivity contribution in [3.8, 4) is 11.5 Å². The van der Waals surface area contributed by atoms with Gasteiger partial charge in [0.05, 0.1) is 18.1 Å². The molecule has 0 unspecified atom stereocenters. The number of rotatable bonds is 6. The molecule has 2 aromatic heterocycles. The molecule has 33 heavy (non-hydrogen) atoms. The van der Waals surface area contributed by atoms with Gasteiger partial charge in [0, 0.05) is 35.6 Å². The Labute approximate surface area is 195 Å². The van der Waals surface area contributed by atoms with Crippen LogP contribution in [0.5, 0.6) is 11.5 Å². The number of nitrogens with one attached hydrogen (secondary N) is 1. The maximum atomic E-state index is 13.0. The van der Waals surface area contributed by atoms with Crippen LogP contribution in [0.25, 0.3) is 10.9 Å². The van der Waals surface area contributed by atoms with Gasteiger partial charge in [0.15, 0.2) is 11.5 Å². The van der Waals surface area contributed by atoms with Gasteiger partial charge in [-0.1, -0.05) is 24.3 Å². The van der Waals surface area contributed by atoms with Crippen molar-refractivity contribution in [3.63, 3.8) is 0 Å². The Morgan fingerprint density at radius 1 is 1.06 bits per heavy atom. The zero-order valence-corrected chi connectivity index (χ0v) is 19.1. The van der Waals surface area contributed by atoms with Gasteiger partial charge in [0.25, 0.3) is 0 Å². The van der Waals surface area contributed by atoms with Crippen LogP contribution in [0.2, 0.25) is 0 Å². The highest BCUT2D eigenvalue weighted by molar-refractivity contribution is 7.12.